The molecule has 1 saturated heterocycles. The number of nitrogens with one attached hydrogen (secondary N) is 2. The van der Waals surface area contributed by atoms with Gasteiger partial charge in [0, 0.05) is 45.3 Å². The number of aryl methyl sites for hydroxylation is 1. The van der Waals surface area contributed by atoms with E-state index in [9.17, 15) is 4.39 Å². The van der Waals surface area contributed by atoms with Crippen molar-refractivity contribution in [2.75, 3.05) is 46.3 Å². The summed E-state index contributed by atoms with van der Waals surface area (Å²) in [5, 5.41) is 6.72. The van der Waals surface area contributed by atoms with Crippen molar-refractivity contribution in [3.63, 3.8) is 0 Å². The van der Waals surface area contributed by atoms with Gasteiger partial charge in [0.25, 0.3) is 0 Å². The Bertz CT molecular complexity index is 567. The van der Waals surface area contributed by atoms with Crippen molar-refractivity contribution < 1.29 is 4.39 Å². The lowest BCUT2D eigenvalue weighted by molar-refractivity contribution is 0.120. The lowest BCUT2D eigenvalue weighted by Crippen LogP contribution is -2.52. The second kappa shape index (κ2) is 9.73. The molecule has 0 saturated carbocycles. The molecule has 5 nitrogen and oxygen atoms in total. The minimum absolute atomic E-state index is 0.168. The lowest BCUT2D eigenvalue weighted by atomic mass is 10.1. The summed E-state index contributed by atoms with van der Waals surface area (Å²) in [5.74, 6) is 0.643. The quantitative estimate of drug-likeness (QED) is 0.607. The van der Waals surface area contributed by atoms with Crippen LogP contribution in [0.3, 0.4) is 0 Å². The van der Waals surface area contributed by atoms with Crippen molar-refractivity contribution >= 4 is 5.96 Å². The molecule has 2 N–H and O–H groups in total. The van der Waals surface area contributed by atoms with Crippen LogP contribution in [0.1, 0.15) is 25.0 Å². The normalized spacial score (nSPS) is 18.2. The third kappa shape index (κ3) is 6.29. The van der Waals surface area contributed by atoms with Crippen molar-refractivity contribution in [1.29, 1.82) is 0 Å². The Morgan fingerprint density at radius 1 is 1.24 bits per heavy atom. The van der Waals surface area contributed by atoms with Gasteiger partial charge in [0.1, 0.15) is 5.82 Å². The van der Waals surface area contributed by atoms with E-state index in [4.69, 9.17) is 0 Å². The Kier molecular flexibility index (Phi) is 7.65. The summed E-state index contributed by atoms with van der Waals surface area (Å²) in [6, 6.07) is 5.62. The molecular weight excluding hydrogens is 317 g/mol. The minimum atomic E-state index is -0.168. The van der Waals surface area contributed by atoms with Crippen molar-refractivity contribution in [3.8, 4) is 0 Å². The van der Waals surface area contributed by atoms with Crippen LogP contribution in [0, 0.1) is 12.7 Å². The van der Waals surface area contributed by atoms with E-state index in [0.29, 0.717) is 18.2 Å². The highest BCUT2D eigenvalue weighted by atomic mass is 19.1. The van der Waals surface area contributed by atoms with Crippen molar-refractivity contribution in [3.05, 3.63) is 35.1 Å². The fraction of sp³-hybridized carbons (Fsp3) is 0.632. The molecule has 0 bridgehead atoms. The van der Waals surface area contributed by atoms with Gasteiger partial charge < -0.3 is 15.5 Å². The molecule has 1 aliphatic rings. The molecular formula is C19H32FN5. The molecule has 0 radical (unpaired) electrons. The van der Waals surface area contributed by atoms with E-state index in [1.807, 2.05) is 6.07 Å². The second-order valence-electron chi connectivity index (χ2n) is 6.85. The highest BCUT2D eigenvalue weighted by Gasteiger charge is 2.19. The monoisotopic (exact) mass is 349 g/mol. The first-order valence-electron chi connectivity index (χ1n) is 9.19. The van der Waals surface area contributed by atoms with Gasteiger partial charge in [-0.1, -0.05) is 12.1 Å². The molecule has 1 aromatic carbocycles. The van der Waals surface area contributed by atoms with Crippen LogP contribution in [-0.4, -0.2) is 68.1 Å². The summed E-state index contributed by atoms with van der Waals surface area (Å²) in [4.78, 5) is 9.51. The Morgan fingerprint density at radius 2 is 1.96 bits per heavy atom. The number of aliphatic imine (C=N–C) groups is 1. The Hall–Kier alpha value is -1.66. The predicted molar refractivity (Wildman–Crippen MR) is 102 cm³/mol. The van der Waals surface area contributed by atoms with Crippen molar-refractivity contribution in [2.24, 2.45) is 4.99 Å². The number of nitrogens with zero attached hydrogens (tertiary/aromatic N) is 3. The lowest BCUT2D eigenvalue weighted by Gasteiger charge is -2.36. The van der Waals surface area contributed by atoms with E-state index in [2.05, 4.69) is 46.3 Å². The molecule has 0 spiro atoms. The van der Waals surface area contributed by atoms with Gasteiger partial charge in [0.2, 0.25) is 0 Å². The van der Waals surface area contributed by atoms with Gasteiger partial charge in [0.15, 0.2) is 5.96 Å². The van der Waals surface area contributed by atoms with Crippen LogP contribution in [0.25, 0.3) is 0 Å². The summed E-state index contributed by atoms with van der Waals surface area (Å²) in [6.07, 6.45) is 0. The molecule has 0 aliphatic carbocycles. The standard InChI is InChI=1S/C19H32FN5/c1-5-21-19(23-14-17-6-7-18(20)15(2)12-17)22-13-16(3)25-10-8-24(4)9-11-25/h6-7,12,16H,5,8-11,13-14H2,1-4H3,(H2,21,22,23). The molecule has 0 amide bonds. The highest BCUT2D eigenvalue weighted by molar-refractivity contribution is 5.79. The summed E-state index contributed by atoms with van der Waals surface area (Å²) in [5.41, 5.74) is 1.68. The predicted octanol–water partition coefficient (Wildman–Crippen LogP) is 1.83. The fourth-order valence-electron chi connectivity index (χ4n) is 2.95. The number of guanidine groups is 1. The van der Waals surface area contributed by atoms with Crippen LogP contribution in [-0.2, 0) is 6.54 Å². The van der Waals surface area contributed by atoms with Crippen LogP contribution in [0.4, 0.5) is 4.39 Å². The van der Waals surface area contributed by atoms with Gasteiger partial charge in [0.05, 0.1) is 6.54 Å². The van der Waals surface area contributed by atoms with E-state index < -0.39 is 0 Å². The zero-order valence-corrected chi connectivity index (χ0v) is 16.0. The maximum absolute atomic E-state index is 13.4. The summed E-state index contributed by atoms with van der Waals surface area (Å²) in [7, 11) is 2.17. The molecule has 2 rings (SSSR count). The largest absolute Gasteiger partial charge is 0.357 e. The molecule has 1 unspecified atom stereocenters. The second-order valence-corrected chi connectivity index (χ2v) is 6.85. The summed E-state index contributed by atoms with van der Waals surface area (Å²) in [6.45, 7) is 12.8. The molecule has 1 aromatic rings. The van der Waals surface area contributed by atoms with Gasteiger partial charge in [-0.3, -0.25) is 4.90 Å². The number of hydrogen-bond donors (Lipinski definition) is 2. The van der Waals surface area contributed by atoms with Gasteiger partial charge in [-0.05, 0) is 45.0 Å². The van der Waals surface area contributed by atoms with Gasteiger partial charge in [-0.2, -0.15) is 0 Å². The number of piperazine rings is 1. The van der Waals surface area contributed by atoms with E-state index in [1.165, 1.54) is 6.07 Å². The first-order chi connectivity index (χ1) is 12.0. The summed E-state index contributed by atoms with van der Waals surface area (Å²) < 4.78 is 13.4. The topological polar surface area (TPSA) is 42.9 Å². The van der Waals surface area contributed by atoms with Gasteiger partial charge >= 0.3 is 0 Å². The molecule has 1 aliphatic heterocycles. The zero-order chi connectivity index (χ0) is 18.2. The number of rotatable bonds is 6. The number of halogens is 1. The zero-order valence-electron chi connectivity index (χ0n) is 16.0. The fourth-order valence-corrected chi connectivity index (χ4v) is 2.95. The van der Waals surface area contributed by atoms with Crippen LogP contribution in [0.2, 0.25) is 0 Å². The third-order valence-electron chi connectivity index (χ3n) is 4.71. The molecule has 0 aromatic heterocycles. The number of hydrogen-bond acceptors (Lipinski definition) is 3. The first-order valence-corrected chi connectivity index (χ1v) is 9.19. The smallest absolute Gasteiger partial charge is 0.191 e. The highest BCUT2D eigenvalue weighted by Crippen LogP contribution is 2.10. The van der Waals surface area contributed by atoms with E-state index in [0.717, 1.165) is 50.8 Å². The Labute approximate surface area is 151 Å². The Balaban J connectivity index is 1.87. The molecule has 140 valence electrons. The van der Waals surface area contributed by atoms with Crippen molar-refractivity contribution in [1.82, 2.24) is 20.4 Å². The molecule has 1 fully saturated rings. The maximum Gasteiger partial charge on any atom is 0.191 e. The van der Waals surface area contributed by atoms with E-state index in [1.54, 1.807) is 13.0 Å². The van der Waals surface area contributed by atoms with Crippen LogP contribution in [0.5, 0.6) is 0 Å². The molecule has 1 atom stereocenters. The van der Waals surface area contributed by atoms with Crippen molar-refractivity contribution in [2.45, 2.75) is 33.4 Å². The molecule has 25 heavy (non-hydrogen) atoms. The van der Waals surface area contributed by atoms with Crippen LogP contribution < -0.4 is 10.6 Å². The molecule has 6 heteroatoms. The average Bonchev–Trinajstić information content (AvgIpc) is 2.60. The minimum Gasteiger partial charge on any atom is -0.357 e. The maximum atomic E-state index is 13.4. The van der Waals surface area contributed by atoms with Crippen LogP contribution in [0.15, 0.2) is 23.2 Å². The number of benzene rings is 1. The third-order valence-corrected chi connectivity index (χ3v) is 4.71. The van der Waals surface area contributed by atoms with E-state index in [-0.39, 0.29) is 5.82 Å². The van der Waals surface area contributed by atoms with Crippen LogP contribution >= 0.6 is 0 Å². The van der Waals surface area contributed by atoms with E-state index >= 15 is 0 Å². The van der Waals surface area contributed by atoms with Gasteiger partial charge in [-0.15, -0.1) is 0 Å². The molecule has 1 heterocycles. The first kappa shape index (κ1) is 19.7. The SMILES string of the molecule is CCNC(=NCc1ccc(F)c(C)c1)NCC(C)N1CCN(C)CC1. The summed E-state index contributed by atoms with van der Waals surface area (Å²) >= 11 is 0. The van der Waals surface area contributed by atoms with Gasteiger partial charge in [-0.25, -0.2) is 9.38 Å². The Morgan fingerprint density at radius 3 is 2.60 bits per heavy atom. The average molecular weight is 349 g/mol. The number of likely N-dealkylation sites (N-methyl/N-ethyl adjacent to an activating group) is 1.